The van der Waals surface area contributed by atoms with Crippen LogP contribution >= 0.6 is 23.1 Å². The van der Waals surface area contributed by atoms with Crippen molar-refractivity contribution in [3.8, 4) is 11.3 Å². The van der Waals surface area contributed by atoms with Crippen molar-refractivity contribution in [1.29, 1.82) is 0 Å². The molecule has 112 valence electrons. The molecule has 2 aromatic carbocycles. The Kier molecular flexibility index (Phi) is 4.45. The molecule has 0 fully saturated rings. The Morgan fingerprint density at radius 2 is 1.86 bits per heavy atom. The van der Waals surface area contributed by atoms with E-state index in [1.807, 2.05) is 12.1 Å². The van der Waals surface area contributed by atoms with E-state index >= 15 is 0 Å². The maximum atomic E-state index is 13.0. The van der Waals surface area contributed by atoms with Crippen LogP contribution in [-0.2, 0) is 5.75 Å². The number of hydrogen-bond donors (Lipinski definition) is 1. The van der Waals surface area contributed by atoms with Crippen molar-refractivity contribution in [3.63, 3.8) is 0 Å². The summed E-state index contributed by atoms with van der Waals surface area (Å²) in [6, 6.07) is 14.6. The van der Waals surface area contributed by atoms with Gasteiger partial charge < -0.3 is 5.73 Å². The summed E-state index contributed by atoms with van der Waals surface area (Å²) in [5.41, 5.74) is 10.2. The van der Waals surface area contributed by atoms with Gasteiger partial charge in [0.15, 0.2) is 4.34 Å². The Labute approximate surface area is 137 Å². The molecular formula is C17H15FN2S2. The minimum atomic E-state index is -0.258. The third-order valence-electron chi connectivity index (χ3n) is 3.36. The van der Waals surface area contributed by atoms with Crippen molar-refractivity contribution in [2.75, 3.05) is 5.73 Å². The van der Waals surface area contributed by atoms with Gasteiger partial charge in [0.1, 0.15) is 16.5 Å². The Morgan fingerprint density at radius 3 is 2.59 bits per heavy atom. The van der Waals surface area contributed by atoms with E-state index in [0.29, 0.717) is 5.00 Å². The van der Waals surface area contributed by atoms with Gasteiger partial charge in [0, 0.05) is 11.3 Å². The fourth-order valence-corrected chi connectivity index (χ4v) is 4.13. The quantitative estimate of drug-likeness (QED) is 0.674. The molecule has 0 aliphatic rings. The first-order chi connectivity index (χ1) is 10.6. The van der Waals surface area contributed by atoms with Gasteiger partial charge in [0.25, 0.3) is 0 Å². The van der Waals surface area contributed by atoms with Crippen LogP contribution in [0.4, 0.5) is 9.39 Å². The molecule has 0 saturated heterocycles. The highest BCUT2D eigenvalue weighted by Crippen LogP contribution is 2.36. The highest BCUT2D eigenvalue weighted by atomic mass is 32.2. The van der Waals surface area contributed by atoms with Crippen LogP contribution in [0.3, 0.4) is 0 Å². The Balaban J connectivity index is 1.78. The lowest BCUT2D eigenvalue weighted by Crippen LogP contribution is -1.86. The minimum absolute atomic E-state index is 0.258. The molecule has 0 atom stereocenters. The summed E-state index contributed by atoms with van der Waals surface area (Å²) in [5.74, 6) is 0.606. The van der Waals surface area contributed by atoms with Gasteiger partial charge in [-0.15, -0.1) is 0 Å². The van der Waals surface area contributed by atoms with Gasteiger partial charge in [-0.25, -0.2) is 9.37 Å². The second-order valence-electron chi connectivity index (χ2n) is 4.91. The normalized spacial score (nSPS) is 10.8. The van der Waals surface area contributed by atoms with Crippen molar-refractivity contribution in [2.24, 2.45) is 0 Å². The topological polar surface area (TPSA) is 38.9 Å². The number of hydrogen-bond acceptors (Lipinski definition) is 4. The number of nitrogens with two attached hydrogens (primary N) is 1. The molecule has 5 heteroatoms. The Morgan fingerprint density at radius 1 is 1.14 bits per heavy atom. The number of rotatable bonds is 4. The third kappa shape index (κ3) is 3.31. The largest absolute Gasteiger partial charge is 0.389 e. The van der Waals surface area contributed by atoms with Crippen molar-refractivity contribution in [1.82, 2.24) is 4.98 Å². The van der Waals surface area contributed by atoms with E-state index in [-0.39, 0.29) is 5.82 Å². The molecule has 0 saturated carbocycles. The van der Waals surface area contributed by atoms with E-state index in [9.17, 15) is 4.39 Å². The smallest absolute Gasteiger partial charge is 0.152 e. The van der Waals surface area contributed by atoms with Crippen LogP contribution in [0.25, 0.3) is 11.3 Å². The van der Waals surface area contributed by atoms with Crippen LogP contribution in [0.1, 0.15) is 11.1 Å². The monoisotopic (exact) mass is 330 g/mol. The molecule has 0 aliphatic carbocycles. The van der Waals surface area contributed by atoms with Crippen LogP contribution in [0.2, 0.25) is 0 Å². The lowest BCUT2D eigenvalue weighted by atomic mass is 10.1. The second kappa shape index (κ2) is 6.50. The number of nitrogens with zero attached hydrogens (tertiary/aromatic N) is 1. The van der Waals surface area contributed by atoms with Gasteiger partial charge in [0.2, 0.25) is 0 Å². The number of benzene rings is 2. The molecule has 3 aromatic rings. The molecule has 3 rings (SSSR count). The number of aromatic nitrogens is 1. The molecule has 0 bridgehead atoms. The highest BCUT2D eigenvalue weighted by Gasteiger charge is 2.11. The first-order valence-corrected chi connectivity index (χ1v) is 8.63. The fraction of sp³-hybridized carbons (Fsp3) is 0.118. The van der Waals surface area contributed by atoms with Gasteiger partial charge in [-0.1, -0.05) is 47.4 Å². The van der Waals surface area contributed by atoms with E-state index in [1.165, 1.54) is 34.6 Å². The van der Waals surface area contributed by atoms with Crippen molar-refractivity contribution < 1.29 is 4.39 Å². The Hall–Kier alpha value is -1.85. The molecule has 1 aromatic heterocycles. The SMILES string of the molecule is Cc1ccccc1CSc1nc(-c2ccc(F)cc2)c(N)s1. The molecule has 1 heterocycles. The number of aryl methyl sites for hydroxylation is 1. The molecule has 0 aliphatic heterocycles. The summed E-state index contributed by atoms with van der Waals surface area (Å²) in [6.45, 7) is 2.11. The zero-order chi connectivity index (χ0) is 15.5. The Bertz CT molecular complexity index is 782. The number of anilines is 1. The standard InChI is InChI=1S/C17H15FN2S2/c1-11-4-2-3-5-13(11)10-21-17-20-15(16(19)22-17)12-6-8-14(18)9-7-12/h2-9H,10,19H2,1H3. The molecule has 2 N–H and O–H groups in total. The van der Waals surface area contributed by atoms with Crippen LogP contribution in [0.15, 0.2) is 52.9 Å². The third-order valence-corrected chi connectivity index (χ3v) is 5.44. The van der Waals surface area contributed by atoms with E-state index in [0.717, 1.165) is 21.3 Å². The van der Waals surface area contributed by atoms with E-state index in [2.05, 4.69) is 24.0 Å². The van der Waals surface area contributed by atoms with Crippen LogP contribution in [0.5, 0.6) is 0 Å². The predicted octanol–water partition coefficient (Wildman–Crippen LogP) is 5.13. The summed E-state index contributed by atoms with van der Waals surface area (Å²) in [7, 11) is 0. The van der Waals surface area contributed by atoms with Crippen LogP contribution < -0.4 is 5.73 Å². The summed E-state index contributed by atoms with van der Waals surface area (Å²) in [4.78, 5) is 4.59. The second-order valence-corrected chi connectivity index (χ2v) is 7.17. The average molecular weight is 330 g/mol. The van der Waals surface area contributed by atoms with Gasteiger partial charge in [-0.2, -0.15) is 0 Å². The fourth-order valence-electron chi connectivity index (χ4n) is 2.10. The maximum Gasteiger partial charge on any atom is 0.152 e. The van der Waals surface area contributed by atoms with Crippen LogP contribution in [0, 0.1) is 12.7 Å². The zero-order valence-electron chi connectivity index (χ0n) is 12.0. The van der Waals surface area contributed by atoms with Crippen molar-refractivity contribution in [2.45, 2.75) is 17.0 Å². The first kappa shape index (κ1) is 15.1. The van der Waals surface area contributed by atoms with Crippen molar-refractivity contribution >= 4 is 28.1 Å². The van der Waals surface area contributed by atoms with Gasteiger partial charge in [-0.05, 0) is 42.3 Å². The van der Waals surface area contributed by atoms with E-state index in [4.69, 9.17) is 5.73 Å². The molecule has 0 radical (unpaired) electrons. The molecule has 2 nitrogen and oxygen atoms in total. The molecule has 0 amide bonds. The maximum absolute atomic E-state index is 13.0. The summed E-state index contributed by atoms with van der Waals surface area (Å²) >= 11 is 3.15. The summed E-state index contributed by atoms with van der Waals surface area (Å²) in [6.07, 6.45) is 0. The minimum Gasteiger partial charge on any atom is -0.389 e. The molecule has 22 heavy (non-hydrogen) atoms. The van der Waals surface area contributed by atoms with Gasteiger partial charge in [-0.3, -0.25) is 0 Å². The molecule has 0 unspecified atom stereocenters. The highest BCUT2D eigenvalue weighted by molar-refractivity contribution is 8.00. The van der Waals surface area contributed by atoms with Gasteiger partial charge >= 0.3 is 0 Å². The van der Waals surface area contributed by atoms with Crippen molar-refractivity contribution in [3.05, 3.63) is 65.5 Å². The molecular weight excluding hydrogens is 315 g/mol. The zero-order valence-corrected chi connectivity index (χ0v) is 13.7. The van der Waals surface area contributed by atoms with Crippen LogP contribution in [-0.4, -0.2) is 4.98 Å². The predicted molar refractivity (Wildman–Crippen MR) is 92.7 cm³/mol. The number of thiazole rings is 1. The number of thioether (sulfide) groups is 1. The number of halogens is 1. The molecule has 0 spiro atoms. The lowest BCUT2D eigenvalue weighted by molar-refractivity contribution is 0.628. The van der Waals surface area contributed by atoms with E-state index < -0.39 is 0 Å². The summed E-state index contributed by atoms with van der Waals surface area (Å²) < 4.78 is 13.9. The summed E-state index contributed by atoms with van der Waals surface area (Å²) in [5, 5.41) is 0.666. The lowest BCUT2D eigenvalue weighted by Gasteiger charge is -2.02. The first-order valence-electron chi connectivity index (χ1n) is 6.83. The average Bonchev–Trinajstić information content (AvgIpc) is 2.88. The van der Waals surface area contributed by atoms with E-state index in [1.54, 1.807) is 23.9 Å². The van der Waals surface area contributed by atoms with Gasteiger partial charge in [0.05, 0.1) is 0 Å². The number of nitrogen functional groups attached to an aromatic ring is 1.